The molecule has 1 aliphatic rings. The molecule has 3 rings (SSSR count). The second-order valence-electron chi connectivity index (χ2n) is 5.76. The van der Waals surface area contributed by atoms with E-state index in [0.717, 1.165) is 23.4 Å². The molecule has 2 aromatic rings. The van der Waals surface area contributed by atoms with Crippen LogP contribution in [0.15, 0.2) is 35.7 Å². The number of nitrogens with zero attached hydrogens (tertiary/aromatic N) is 2. The van der Waals surface area contributed by atoms with Crippen molar-refractivity contribution in [1.29, 1.82) is 0 Å². The first kappa shape index (κ1) is 16.6. The summed E-state index contributed by atoms with van der Waals surface area (Å²) in [6.45, 7) is 2.55. The fraction of sp³-hybridized carbons (Fsp3) is 0.389. The molecule has 0 spiro atoms. The topological polar surface area (TPSA) is 59.5 Å². The van der Waals surface area contributed by atoms with Crippen molar-refractivity contribution in [2.75, 3.05) is 6.61 Å². The predicted molar refractivity (Wildman–Crippen MR) is 91.8 cm³/mol. The number of esters is 1. The minimum atomic E-state index is -0.409. The Labute approximate surface area is 145 Å². The Bertz CT molecular complexity index is 710. The van der Waals surface area contributed by atoms with Gasteiger partial charge in [-0.25, -0.2) is 9.78 Å². The summed E-state index contributed by atoms with van der Waals surface area (Å²) in [4.78, 5) is 30.6. The summed E-state index contributed by atoms with van der Waals surface area (Å²) < 4.78 is 4.96. The molecular formula is C18H20N2O3S. The van der Waals surface area contributed by atoms with Crippen LogP contribution in [-0.4, -0.2) is 34.4 Å². The Morgan fingerprint density at radius 1 is 1.29 bits per heavy atom. The lowest BCUT2D eigenvalue weighted by Gasteiger charge is -2.21. The van der Waals surface area contributed by atoms with E-state index < -0.39 is 5.97 Å². The van der Waals surface area contributed by atoms with E-state index in [1.165, 1.54) is 11.3 Å². The predicted octanol–water partition coefficient (Wildman–Crippen LogP) is 3.05. The van der Waals surface area contributed by atoms with Crippen molar-refractivity contribution in [2.24, 2.45) is 0 Å². The highest BCUT2D eigenvalue weighted by Gasteiger charge is 2.33. The first-order valence-electron chi connectivity index (χ1n) is 8.12. The van der Waals surface area contributed by atoms with Crippen LogP contribution in [0.2, 0.25) is 0 Å². The molecule has 6 heteroatoms. The van der Waals surface area contributed by atoms with Crippen molar-refractivity contribution in [3.8, 4) is 0 Å². The third-order valence-corrected chi connectivity index (χ3v) is 4.68. The Balaban J connectivity index is 1.66. The van der Waals surface area contributed by atoms with Gasteiger partial charge in [0.25, 0.3) is 0 Å². The van der Waals surface area contributed by atoms with E-state index >= 15 is 0 Å². The van der Waals surface area contributed by atoms with Crippen LogP contribution in [-0.2, 0) is 22.5 Å². The van der Waals surface area contributed by atoms with E-state index in [0.29, 0.717) is 31.3 Å². The van der Waals surface area contributed by atoms with Gasteiger partial charge in [0.1, 0.15) is 5.01 Å². The highest BCUT2D eigenvalue weighted by atomic mass is 32.1. The number of carbonyl (C=O) groups is 2. The van der Waals surface area contributed by atoms with Crippen LogP contribution in [0.25, 0.3) is 0 Å². The number of ether oxygens (including phenoxy) is 1. The third kappa shape index (κ3) is 4.20. The molecule has 0 aliphatic heterocycles. The molecule has 0 unspecified atom stereocenters. The van der Waals surface area contributed by atoms with Crippen molar-refractivity contribution in [1.82, 2.24) is 9.88 Å². The summed E-state index contributed by atoms with van der Waals surface area (Å²) in [6.07, 6.45) is 2.47. The Morgan fingerprint density at radius 2 is 2.04 bits per heavy atom. The van der Waals surface area contributed by atoms with Crippen molar-refractivity contribution >= 4 is 23.2 Å². The quantitative estimate of drug-likeness (QED) is 0.724. The van der Waals surface area contributed by atoms with Crippen LogP contribution >= 0.6 is 11.3 Å². The van der Waals surface area contributed by atoms with Crippen LogP contribution < -0.4 is 0 Å². The summed E-state index contributed by atoms with van der Waals surface area (Å²) in [5, 5.41) is 2.46. The molecular weight excluding hydrogens is 324 g/mol. The van der Waals surface area contributed by atoms with Gasteiger partial charge in [-0.05, 0) is 25.3 Å². The second kappa shape index (κ2) is 7.57. The highest BCUT2D eigenvalue weighted by molar-refractivity contribution is 7.09. The zero-order valence-corrected chi connectivity index (χ0v) is 14.4. The van der Waals surface area contributed by atoms with Gasteiger partial charge < -0.3 is 9.64 Å². The SMILES string of the molecule is CCOC(=O)c1csc(CN(C(=O)Cc2ccccc2)C2CC2)n1. The number of carbonyl (C=O) groups excluding carboxylic acids is 2. The van der Waals surface area contributed by atoms with Gasteiger partial charge in [0.05, 0.1) is 19.6 Å². The molecule has 0 bridgehead atoms. The van der Waals surface area contributed by atoms with Gasteiger partial charge in [-0.3, -0.25) is 4.79 Å². The van der Waals surface area contributed by atoms with Crippen molar-refractivity contribution < 1.29 is 14.3 Å². The zero-order valence-electron chi connectivity index (χ0n) is 13.6. The maximum atomic E-state index is 12.7. The van der Waals surface area contributed by atoms with Gasteiger partial charge in [0.15, 0.2) is 5.69 Å². The zero-order chi connectivity index (χ0) is 16.9. The number of amides is 1. The Hall–Kier alpha value is -2.21. The molecule has 0 saturated heterocycles. The first-order valence-corrected chi connectivity index (χ1v) is 9.00. The van der Waals surface area contributed by atoms with Crippen molar-refractivity contribution in [2.45, 2.75) is 38.8 Å². The number of rotatable bonds is 7. The summed E-state index contributed by atoms with van der Waals surface area (Å²) >= 11 is 1.40. The molecule has 24 heavy (non-hydrogen) atoms. The number of aromatic nitrogens is 1. The number of hydrogen-bond donors (Lipinski definition) is 0. The number of thiazole rings is 1. The summed E-state index contributed by atoms with van der Waals surface area (Å²) in [7, 11) is 0. The van der Waals surface area contributed by atoms with Gasteiger partial charge >= 0.3 is 5.97 Å². The van der Waals surface area contributed by atoms with E-state index in [4.69, 9.17) is 4.74 Å². The normalized spacial score (nSPS) is 13.5. The maximum Gasteiger partial charge on any atom is 0.357 e. The molecule has 1 aliphatic carbocycles. The standard InChI is InChI=1S/C18H20N2O3S/c1-2-23-18(22)15-12-24-16(19-15)11-20(14-8-9-14)17(21)10-13-6-4-3-5-7-13/h3-7,12,14H,2,8-11H2,1H3. The number of hydrogen-bond acceptors (Lipinski definition) is 5. The van der Waals surface area contributed by atoms with Gasteiger partial charge in [0.2, 0.25) is 5.91 Å². The number of benzene rings is 1. The average Bonchev–Trinajstić information content (AvgIpc) is 3.31. The van der Waals surface area contributed by atoms with E-state index in [2.05, 4.69) is 4.98 Å². The fourth-order valence-electron chi connectivity index (χ4n) is 2.51. The van der Waals surface area contributed by atoms with Crippen molar-refractivity contribution in [3.63, 3.8) is 0 Å². The first-order chi connectivity index (χ1) is 11.7. The van der Waals surface area contributed by atoms with E-state index in [1.807, 2.05) is 35.2 Å². The highest BCUT2D eigenvalue weighted by Crippen LogP contribution is 2.29. The minimum Gasteiger partial charge on any atom is -0.461 e. The molecule has 0 N–H and O–H groups in total. The summed E-state index contributed by atoms with van der Waals surface area (Å²) in [5.41, 5.74) is 1.34. The molecule has 126 valence electrons. The van der Waals surface area contributed by atoms with Crippen LogP contribution in [0.5, 0.6) is 0 Å². The largest absolute Gasteiger partial charge is 0.461 e. The molecule has 1 aromatic heterocycles. The van der Waals surface area contributed by atoms with Gasteiger partial charge in [0, 0.05) is 11.4 Å². The van der Waals surface area contributed by atoms with Crippen LogP contribution in [0.3, 0.4) is 0 Å². The molecule has 1 amide bonds. The van der Waals surface area contributed by atoms with E-state index in [-0.39, 0.29) is 5.91 Å². The Kier molecular flexibility index (Phi) is 5.25. The summed E-state index contributed by atoms with van der Waals surface area (Å²) in [6, 6.07) is 10.1. The van der Waals surface area contributed by atoms with Gasteiger partial charge in [-0.1, -0.05) is 30.3 Å². The maximum absolute atomic E-state index is 12.7. The molecule has 0 radical (unpaired) electrons. The van der Waals surface area contributed by atoms with Crippen molar-refractivity contribution in [3.05, 3.63) is 52.0 Å². The molecule has 1 saturated carbocycles. The molecule has 1 fully saturated rings. The monoisotopic (exact) mass is 344 g/mol. The second-order valence-corrected chi connectivity index (χ2v) is 6.70. The fourth-order valence-corrected chi connectivity index (χ4v) is 3.27. The lowest BCUT2D eigenvalue weighted by atomic mass is 10.1. The van der Waals surface area contributed by atoms with Gasteiger partial charge in [-0.15, -0.1) is 11.3 Å². The smallest absolute Gasteiger partial charge is 0.357 e. The van der Waals surface area contributed by atoms with Gasteiger partial charge in [-0.2, -0.15) is 0 Å². The van der Waals surface area contributed by atoms with Crippen LogP contribution in [0.4, 0.5) is 0 Å². The average molecular weight is 344 g/mol. The third-order valence-electron chi connectivity index (χ3n) is 3.85. The molecule has 5 nitrogen and oxygen atoms in total. The van der Waals surface area contributed by atoms with Crippen LogP contribution in [0.1, 0.15) is 40.8 Å². The molecule has 0 atom stereocenters. The van der Waals surface area contributed by atoms with E-state index in [9.17, 15) is 9.59 Å². The van der Waals surface area contributed by atoms with E-state index in [1.54, 1.807) is 12.3 Å². The lowest BCUT2D eigenvalue weighted by molar-refractivity contribution is -0.131. The Morgan fingerprint density at radius 3 is 2.71 bits per heavy atom. The van der Waals surface area contributed by atoms with Crippen LogP contribution in [0, 0.1) is 0 Å². The summed E-state index contributed by atoms with van der Waals surface area (Å²) in [5.74, 6) is -0.301. The lowest BCUT2D eigenvalue weighted by Crippen LogP contribution is -2.33. The minimum absolute atomic E-state index is 0.108. The molecule has 1 heterocycles. The molecule has 1 aromatic carbocycles.